The summed E-state index contributed by atoms with van der Waals surface area (Å²) in [7, 11) is 0. The highest BCUT2D eigenvalue weighted by molar-refractivity contribution is 5.76. The summed E-state index contributed by atoms with van der Waals surface area (Å²) in [6, 6.07) is -0.161. The van der Waals surface area contributed by atoms with Crippen molar-refractivity contribution in [3.63, 3.8) is 0 Å². The van der Waals surface area contributed by atoms with E-state index in [-0.39, 0.29) is 6.04 Å². The standard InChI is InChI=1S/C7H13NO2/c1-2-3-4-8-5-6(8)7(9)10/h6H,2-5H2,1H3,(H,9,10). The van der Waals surface area contributed by atoms with E-state index < -0.39 is 5.97 Å². The van der Waals surface area contributed by atoms with Crippen LogP contribution in [-0.4, -0.2) is 35.1 Å². The maximum absolute atomic E-state index is 10.3. The number of unbranched alkanes of at least 4 members (excludes halogenated alkanes) is 1. The number of nitrogens with zero attached hydrogens (tertiary/aromatic N) is 1. The van der Waals surface area contributed by atoms with Gasteiger partial charge < -0.3 is 5.11 Å². The Morgan fingerprint density at radius 2 is 2.50 bits per heavy atom. The molecule has 1 heterocycles. The first-order valence-electron chi connectivity index (χ1n) is 3.72. The average Bonchev–Trinajstić information content (AvgIpc) is 2.62. The predicted molar refractivity (Wildman–Crippen MR) is 37.9 cm³/mol. The second-order valence-corrected chi connectivity index (χ2v) is 2.70. The Morgan fingerprint density at radius 3 is 2.90 bits per heavy atom. The Kier molecular flexibility index (Phi) is 2.27. The van der Waals surface area contributed by atoms with Gasteiger partial charge >= 0.3 is 5.97 Å². The number of aliphatic carboxylic acids is 1. The molecule has 0 spiro atoms. The molecule has 1 saturated heterocycles. The van der Waals surface area contributed by atoms with Crippen molar-refractivity contribution in [2.75, 3.05) is 13.1 Å². The van der Waals surface area contributed by atoms with Crippen molar-refractivity contribution in [1.29, 1.82) is 0 Å². The van der Waals surface area contributed by atoms with Crippen molar-refractivity contribution in [1.82, 2.24) is 4.90 Å². The van der Waals surface area contributed by atoms with Gasteiger partial charge in [0.25, 0.3) is 0 Å². The van der Waals surface area contributed by atoms with Crippen LogP contribution in [0.2, 0.25) is 0 Å². The minimum absolute atomic E-state index is 0.161. The Hall–Kier alpha value is -0.570. The third kappa shape index (κ3) is 1.70. The Balaban J connectivity index is 2.08. The molecule has 3 heteroatoms. The zero-order valence-corrected chi connectivity index (χ0v) is 6.21. The van der Waals surface area contributed by atoms with Gasteiger partial charge in [-0.05, 0) is 13.0 Å². The highest BCUT2D eigenvalue weighted by Crippen LogP contribution is 2.17. The molecule has 0 bridgehead atoms. The van der Waals surface area contributed by atoms with Crippen LogP contribution in [0.4, 0.5) is 0 Å². The minimum Gasteiger partial charge on any atom is -0.480 e. The van der Waals surface area contributed by atoms with Crippen LogP contribution >= 0.6 is 0 Å². The molecule has 0 saturated carbocycles. The van der Waals surface area contributed by atoms with E-state index in [1.165, 1.54) is 0 Å². The fourth-order valence-corrected chi connectivity index (χ4v) is 1.02. The van der Waals surface area contributed by atoms with E-state index in [1.807, 2.05) is 4.90 Å². The van der Waals surface area contributed by atoms with Crippen LogP contribution in [0.5, 0.6) is 0 Å². The SMILES string of the molecule is CCCCN1CC1C(=O)O. The summed E-state index contributed by atoms with van der Waals surface area (Å²) in [5.41, 5.74) is 0. The van der Waals surface area contributed by atoms with Crippen LogP contribution in [0.1, 0.15) is 19.8 Å². The third-order valence-corrected chi connectivity index (χ3v) is 1.80. The number of rotatable bonds is 4. The number of hydrogen-bond acceptors (Lipinski definition) is 2. The maximum Gasteiger partial charge on any atom is 0.322 e. The molecule has 2 atom stereocenters. The van der Waals surface area contributed by atoms with Crippen LogP contribution < -0.4 is 0 Å². The van der Waals surface area contributed by atoms with Gasteiger partial charge in [-0.2, -0.15) is 0 Å². The highest BCUT2D eigenvalue weighted by Gasteiger charge is 2.39. The van der Waals surface area contributed by atoms with Gasteiger partial charge in [0.15, 0.2) is 0 Å². The first kappa shape index (κ1) is 7.54. The van der Waals surface area contributed by atoms with Gasteiger partial charge in [0.05, 0.1) is 0 Å². The number of carboxylic acid groups (broad SMARTS) is 1. The van der Waals surface area contributed by atoms with Gasteiger partial charge in [-0.3, -0.25) is 9.69 Å². The lowest BCUT2D eigenvalue weighted by Crippen LogP contribution is -2.12. The minimum atomic E-state index is -0.670. The van der Waals surface area contributed by atoms with Gasteiger partial charge in [-0.15, -0.1) is 0 Å². The van der Waals surface area contributed by atoms with Gasteiger partial charge in [0, 0.05) is 6.54 Å². The molecule has 10 heavy (non-hydrogen) atoms. The van der Waals surface area contributed by atoms with Crippen LogP contribution in [0, 0.1) is 0 Å². The van der Waals surface area contributed by atoms with Gasteiger partial charge in [-0.25, -0.2) is 0 Å². The normalized spacial score (nSPS) is 30.1. The average molecular weight is 143 g/mol. The smallest absolute Gasteiger partial charge is 0.322 e. The van der Waals surface area contributed by atoms with E-state index in [2.05, 4.69) is 6.92 Å². The van der Waals surface area contributed by atoms with E-state index in [0.29, 0.717) is 0 Å². The Labute approximate surface area is 60.6 Å². The monoisotopic (exact) mass is 143 g/mol. The molecule has 0 aromatic heterocycles. The third-order valence-electron chi connectivity index (χ3n) is 1.80. The van der Waals surface area contributed by atoms with Crippen molar-refractivity contribution in [2.24, 2.45) is 0 Å². The fourth-order valence-electron chi connectivity index (χ4n) is 1.02. The van der Waals surface area contributed by atoms with E-state index in [9.17, 15) is 4.79 Å². The first-order chi connectivity index (χ1) is 4.75. The molecule has 0 radical (unpaired) electrons. The fraction of sp³-hybridized carbons (Fsp3) is 0.857. The summed E-state index contributed by atoms with van der Waals surface area (Å²) in [4.78, 5) is 12.3. The summed E-state index contributed by atoms with van der Waals surface area (Å²) >= 11 is 0. The van der Waals surface area contributed by atoms with Crippen molar-refractivity contribution < 1.29 is 9.90 Å². The molecule has 1 N–H and O–H groups in total. The first-order valence-corrected chi connectivity index (χ1v) is 3.72. The molecule has 1 fully saturated rings. The molecule has 0 aromatic carbocycles. The lowest BCUT2D eigenvalue weighted by molar-refractivity contribution is -0.137. The van der Waals surface area contributed by atoms with E-state index in [1.54, 1.807) is 0 Å². The molecular weight excluding hydrogens is 130 g/mol. The zero-order chi connectivity index (χ0) is 7.56. The van der Waals surface area contributed by atoms with Crippen LogP contribution in [0.3, 0.4) is 0 Å². The summed E-state index contributed by atoms with van der Waals surface area (Å²) in [6.07, 6.45) is 2.26. The summed E-state index contributed by atoms with van der Waals surface area (Å²) < 4.78 is 0. The quantitative estimate of drug-likeness (QED) is 0.584. The molecule has 0 amide bonds. The topological polar surface area (TPSA) is 40.3 Å². The lowest BCUT2D eigenvalue weighted by atomic mass is 10.3. The molecule has 58 valence electrons. The molecule has 0 aliphatic carbocycles. The van der Waals surface area contributed by atoms with Crippen molar-refractivity contribution in [2.45, 2.75) is 25.8 Å². The second-order valence-electron chi connectivity index (χ2n) is 2.70. The van der Waals surface area contributed by atoms with E-state index >= 15 is 0 Å². The molecule has 1 aliphatic heterocycles. The van der Waals surface area contributed by atoms with Gasteiger partial charge in [0.2, 0.25) is 0 Å². The molecule has 3 nitrogen and oxygen atoms in total. The summed E-state index contributed by atoms with van der Waals surface area (Å²) in [5.74, 6) is -0.670. The largest absolute Gasteiger partial charge is 0.480 e. The number of hydrogen-bond donors (Lipinski definition) is 1. The van der Waals surface area contributed by atoms with E-state index in [4.69, 9.17) is 5.11 Å². The summed E-state index contributed by atoms with van der Waals surface area (Å²) in [5, 5.41) is 8.48. The Morgan fingerprint density at radius 1 is 1.80 bits per heavy atom. The van der Waals surface area contributed by atoms with Crippen LogP contribution in [0.15, 0.2) is 0 Å². The molecule has 1 rings (SSSR count). The van der Waals surface area contributed by atoms with Gasteiger partial charge in [-0.1, -0.05) is 13.3 Å². The highest BCUT2D eigenvalue weighted by atomic mass is 16.4. The predicted octanol–water partition coefficient (Wildman–Crippen LogP) is 0.555. The zero-order valence-electron chi connectivity index (χ0n) is 6.21. The Bertz CT molecular complexity index is 136. The number of carboxylic acids is 1. The molecule has 1 aliphatic rings. The second kappa shape index (κ2) is 3.01. The van der Waals surface area contributed by atoms with Crippen LogP contribution in [-0.2, 0) is 4.79 Å². The van der Waals surface area contributed by atoms with Crippen molar-refractivity contribution in [3.05, 3.63) is 0 Å². The number of carbonyl (C=O) groups is 1. The van der Waals surface area contributed by atoms with Crippen molar-refractivity contribution in [3.8, 4) is 0 Å². The molecular formula is C7H13NO2. The summed E-state index contributed by atoms with van der Waals surface area (Å²) in [6.45, 7) is 3.82. The van der Waals surface area contributed by atoms with Gasteiger partial charge in [0.1, 0.15) is 6.04 Å². The lowest BCUT2D eigenvalue weighted by Gasteiger charge is -1.97. The molecule has 0 aromatic rings. The molecule has 2 unspecified atom stereocenters. The maximum atomic E-state index is 10.3. The van der Waals surface area contributed by atoms with Crippen LogP contribution in [0.25, 0.3) is 0 Å². The van der Waals surface area contributed by atoms with Crippen molar-refractivity contribution >= 4 is 5.97 Å². The van der Waals surface area contributed by atoms with E-state index in [0.717, 1.165) is 25.9 Å².